The maximum absolute atomic E-state index is 11.7. The van der Waals surface area contributed by atoms with Gasteiger partial charge < -0.3 is 9.73 Å². The first-order valence-corrected chi connectivity index (χ1v) is 6.11. The van der Waals surface area contributed by atoms with E-state index in [1.54, 1.807) is 31.2 Å². The van der Waals surface area contributed by atoms with E-state index in [-0.39, 0.29) is 0 Å². The van der Waals surface area contributed by atoms with Gasteiger partial charge in [-0.3, -0.25) is 10.2 Å². The van der Waals surface area contributed by atoms with Crippen molar-refractivity contribution in [1.82, 2.24) is 10.9 Å². The standard InChI is InChI=1S/C13H12ClN3O3/c1-8-11(6-7-20-8)12(18)16-17-13(19)15-10-4-2-9(14)3-5-10/h2-7H,1H3,(H,16,18)(H2,15,17,19). The zero-order chi connectivity index (χ0) is 14.5. The molecule has 0 unspecified atom stereocenters. The average molecular weight is 294 g/mol. The van der Waals surface area contributed by atoms with Crippen LogP contribution in [0, 0.1) is 6.92 Å². The number of nitrogens with one attached hydrogen (secondary N) is 3. The summed E-state index contributed by atoms with van der Waals surface area (Å²) in [7, 11) is 0. The molecule has 6 nitrogen and oxygen atoms in total. The topological polar surface area (TPSA) is 83.4 Å². The number of carbonyl (C=O) groups is 2. The Bertz CT molecular complexity index is 622. The third-order valence-corrected chi connectivity index (χ3v) is 2.75. The van der Waals surface area contributed by atoms with Gasteiger partial charge in [-0.15, -0.1) is 0 Å². The van der Waals surface area contributed by atoms with Gasteiger partial charge >= 0.3 is 6.03 Å². The Balaban J connectivity index is 1.85. The van der Waals surface area contributed by atoms with E-state index in [1.165, 1.54) is 12.3 Å². The molecular weight excluding hydrogens is 282 g/mol. The van der Waals surface area contributed by atoms with Gasteiger partial charge in [0.2, 0.25) is 0 Å². The summed E-state index contributed by atoms with van der Waals surface area (Å²) in [5.74, 6) is 0.0184. The van der Waals surface area contributed by atoms with Gasteiger partial charge in [0.1, 0.15) is 5.76 Å². The zero-order valence-electron chi connectivity index (χ0n) is 10.6. The Morgan fingerprint density at radius 3 is 2.40 bits per heavy atom. The highest BCUT2D eigenvalue weighted by Gasteiger charge is 2.11. The van der Waals surface area contributed by atoms with Gasteiger partial charge in [0.05, 0.1) is 11.8 Å². The molecule has 0 bridgehead atoms. The fourth-order valence-corrected chi connectivity index (χ4v) is 1.62. The lowest BCUT2D eigenvalue weighted by molar-refractivity contribution is 0.0936. The Morgan fingerprint density at radius 2 is 1.80 bits per heavy atom. The van der Waals surface area contributed by atoms with Crippen LogP contribution in [0.2, 0.25) is 5.02 Å². The van der Waals surface area contributed by atoms with E-state index in [4.69, 9.17) is 16.0 Å². The van der Waals surface area contributed by atoms with Crippen LogP contribution in [0.3, 0.4) is 0 Å². The number of urea groups is 1. The minimum absolute atomic E-state index is 0.358. The monoisotopic (exact) mass is 293 g/mol. The van der Waals surface area contributed by atoms with Crippen molar-refractivity contribution < 1.29 is 14.0 Å². The van der Waals surface area contributed by atoms with Crippen molar-refractivity contribution in [2.75, 3.05) is 5.32 Å². The summed E-state index contributed by atoms with van der Waals surface area (Å²) >= 11 is 5.73. The van der Waals surface area contributed by atoms with E-state index in [2.05, 4.69) is 16.2 Å². The largest absolute Gasteiger partial charge is 0.469 e. The van der Waals surface area contributed by atoms with Gasteiger partial charge in [0.25, 0.3) is 5.91 Å². The number of anilines is 1. The highest BCUT2D eigenvalue weighted by atomic mass is 35.5. The second-order valence-electron chi connectivity index (χ2n) is 3.93. The average Bonchev–Trinajstić information content (AvgIpc) is 2.85. The molecule has 0 aliphatic heterocycles. The van der Waals surface area contributed by atoms with E-state index < -0.39 is 11.9 Å². The van der Waals surface area contributed by atoms with Crippen LogP contribution in [0.4, 0.5) is 10.5 Å². The second kappa shape index (κ2) is 6.12. The molecule has 1 heterocycles. The lowest BCUT2D eigenvalue weighted by Crippen LogP contribution is -2.43. The summed E-state index contributed by atoms with van der Waals surface area (Å²) in [5, 5.41) is 3.11. The van der Waals surface area contributed by atoms with Gasteiger partial charge in [-0.05, 0) is 37.3 Å². The minimum atomic E-state index is -0.568. The Kier molecular flexibility index (Phi) is 4.27. The number of amides is 3. The molecule has 0 aliphatic rings. The fraction of sp³-hybridized carbons (Fsp3) is 0.0769. The molecule has 1 aromatic carbocycles. The normalized spacial score (nSPS) is 9.90. The van der Waals surface area contributed by atoms with Crippen LogP contribution in [0.15, 0.2) is 41.0 Å². The van der Waals surface area contributed by atoms with Gasteiger partial charge in [-0.25, -0.2) is 10.2 Å². The maximum Gasteiger partial charge on any atom is 0.337 e. The minimum Gasteiger partial charge on any atom is -0.469 e. The first-order valence-electron chi connectivity index (χ1n) is 5.73. The van der Waals surface area contributed by atoms with Crippen LogP contribution in [-0.4, -0.2) is 11.9 Å². The smallest absolute Gasteiger partial charge is 0.337 e. The summed E-state index contributed by atoms with van der Waals surface area (Å²) in [6, 6.07) is 7.52. The summed E-state index contributed by atoms with van der Waals surface area (Å²) in [6.07, 6.45) is 1.40. The predicted molar refractivity (Wildman–Crippen MR) is 74.5 cm³/mol. The van der Waals surface area contributed by atoms with Gasteiger partial charge in [-0.1, -0.05) is 11.6 Å². The number of furan rings is 1. The van der Waals surface area contributed by atoms with E-state index in [0.717, 1.165) is 0 Å². The van der Waals surface area contributed by atoms with Crippen molar-refractivity contribution in [3.63, 3.8) is 0 Å². The Labute approximate surface area is 120 Å². The first kappa shape index (κ1) is 14.0. The molecule has 0 fully saturated rings. The van der Waals surface area contributed by atoms with Crippen LogP contribution in [0.5, 0.6) is 0 Å². The van der Waals surface area contributed by atoms with E-state index in [0.29, 0.717) is 22.0 Å². The lowest BCUT2D eigenvalue weighted by Gasteiger charge is -2.08. The van der Waals surface area contributed by atoms with Crippen LogP contribution < -0.4 is 16.2 Å². The molecule has 20 heavy (non-hydrogen) atoms. The molecular formula is C13H12ClN3O3. The molecule has 3 N–H and O–H groups in total. The highest BCUT2D eigenvalue weighted by Crippen LogP contribution is 2.13. The van der Waals surface area contributed by atoms with E-state index >= 15 is 0 Å². The third-order valence-electron chi connectivity index (χ3n) is 2.50. The summed E-state index contributed by atoms with van der Waals surface area (Å²) < 4.78 is 5.00. The van der Waals surface area contributed by atoms with E-state index in [9.17, 15) is 9.59 Å². The maximum atomic E-state index is 11.7. The second-order valence-corrected chi connectivity index (χ2v) is 4.37. The number of carbonyl (C=O) groups excluding carboxylic acids is 2. The third kappa shape index (κ3) is 3.52. The number of benzene rings is 1. The Morgan fingerprint density at radius 1 is 1.10 bits per heavy atom. The van der Waals surface area contributed by atoms with Crippen molar-refractivity contribution in [3.05, 3.63) is 52.9 Å². The van der Waals surface area contributed by atoms with Crippen molar-refractivity contribution in [2.24, 2.45) is 0 Å². The molecule has 2 aromatic rings. The van der Waals surface area contributed by atoms with E-state index in [1.807, 2.05) is 0 Å². The molecule has 0 saturated carbocycles. The number of hydrazine groups is 1. The molecule has 0 atom stereocenters. The van der Waals surface area contributed by atoms with Crippen molar-refractivity contribution in [1.29, 1.82) is 0 Å². The summed E-state index contributed by atoms with van der Waals surface area (Å²) in [5.41, 5.74) is 5.42. The van der Waals surface area contributed by atoms with Crippen LogP contribution in [-0.2, 0) is 0 Å². The number of halogens is 1. The quantitative estimate of drug-likeness (QED) is 0.744. The van der Waals surface area contributed by atoms with Crippen LogP contribution >= 0.6 is 11.6 Å². The molecule has 2 rings (SSSR count). The zero-order valence-corrected chi connectivity index (χ0v) is 11.3. The molecule has 0 spiro atoms. The Hall–Kier alpha value is -2.47. The number of hydrogen-bond acceptors (Lipinski definition) is 3. The lowest BCUT2D eigenvalue weighted by atomic mass is 10.2. The van der Waals surface area contributed by atoms with Gasteiger partial charge in [-0.2, -0.15) is 0 Å². The van der Waals surface area contributed by atoms with Crippen molar-refractivity contribution in [2.45, 2.75) is 6.92 Å². The van der Waals surface area contributed by atoms with Crippen LogP contribution in [0.25, 0.3) is 0 Å². The first-order chi connectivity index (χ1) is 9.56. The number of hydrogen-bond donors (Lipinski definition) is 3. The predicted octanol–water partition coefficient (Wildman–Crippen LogP) is 2.71. The van der Waals surface area contributed by atoms with Gasteiger partial charge in [0, 0.05) is 10.7 Å². The molecule has 0 saturated heterocycles. The molecule has 7 heteroatoms. The fourth-order valence-electron chi connectivity index (χ4n) is 1.50. The van der Waals surface area contributed by atoms with Crippen molar-refractivity contribution in [3.8, 4) is 0 Å². The molecule has 0 radical (unpaired) electrons. The molecule has 3 amide bonds. The number of aryl methyl sites for hydroxylation is 1. The van der Waals surface area contributed by atoms with Crippen LogP contribution in [0.1, 0.15) is 16.1 Å². The summed E-state index contributed by atoms with van der Waals surface area (Å²) in [4.78, 5) is 23.3. The number of rotatable bonds is 2. The highest BCUT2D eigenvalue weighted by molar-refractivity contribution is 6.30. The molecule has 104 valence electrons. The molecule has 1 aromatic heterocycles. The van der Waals surface area contributed by atoms with Crippen molar-refractivity contribution >= 4 is 29.2 Å². The summed E-state index contributed by atoms with van der Waals surface area (Å²) in [6.45, 7) is 1.66. The molecule has 0 aliphatic carbocycles. The van der Waals surface area contributed by atoms with Gasteiger partial charge in [0.15, 0.2) is 0 Å². The SMILES string of the molecule is Cc1occc1C(=O)NNC(=O)Nc1ccc(Cl)cc1.